The summed E-state index contributed by atoms with van der Waals surface area (Å²) in [6, 6.07) is 16.2. The summed E-state index contributed by atoms with van der Waals surface area (Å²) in [4.78, 5) is 59.9. The first-order chi connectivity index (χ1) is 16.6. The molecular weight excluding hydrogens is 454 g/mol. The second kappa shape index (κ2) is 11.0. The molecule has 0 aliphatic heterocycles. The quantitative estimate of drug-likeness (QED) is 0.194. The number of ketones is 2. The van der Waals surface area contributed by atoms with Crippen LogP contribution in [0.3, 0.4) is 0 Å². The molecule has 0 fully saturated rings. The van der Waals surface area contributed by atoms with E-state index in [2.05, 4.69) is 0 Å². The second-order valence-electron chi connectivity index (χ2n) is 7.76. The summed E-state index contributed by atoms with van der Waals surface area (Å²) in [5.74, 6) is -2.98. The van der Waals surface area contributed by atoms with Crippen LogP contribution in [0, 0.1) is 24.0 Å². The smallest absolute Gasteiger partial charge is 0.338 e. The van der Waals surface area contributed by atoms with Crippen molar-refractivity contribution in [2.45, 2.75) is 13.8 Å². The molecule has 0 saturated heterocycles. The zero-order valence-electron chi connectivity index (χ0n) is 19.0. The maximum absolute atomic E-state index is 12.5. The van der Waals surface area contributed by atoms with Gasteiger partial charge in [0.25, 0.3) is 5.69 Å². The van der Waals surface area contributed by atoms with E-state index in [0.29, 0.717) is 11.1 Å². The van der Waals surface area contributed by atoms with E-state index in [1.54, 1.807) is 48.5 Å². The van der Waals surface area contributed by atoms with Crippen LogP contribution < -0.4 is 0 Å². The van der Waals surface area contributed by atoms with Crippen LogP contribution in [-0.2, 0) is 9.47 Å². The molecule has 0 heterocycles. The molecule has 0 N–H and O–H groups in total. The molecule has 0 spiro atoms. The number of ether oxygens (including phenoxy) is 2. The number of carbonyl (C=O) groups excluding carboxylic acids is 4. The van der Waals surface area contributed by atoms with E-state index in [1.165, 1.54) is 0 Å². The van der Waals surface area contributed by atoms with Crippen LogP contribution in [-0.4, -0.2) is 41.6 Å². The van der Waals surface area contributed by atoms with E-state index in [-0.39, 0.29) is 11.1 Å². The molecule has 3 rings (SSSR count). The number of nitrogens with zero attached hydrogens (tertiary/aromatic N) is 1. The average Bonchev–Trinajstić information content (AvgIpc) is 2.85. The second-order valence-corrected chi connectivity index (χ2v) is 7.76. The van der Waals surface area contributed by atoms with Gasteiger partial charge in [-0.15, -0.1) is 0 Å². The number of nitro groups is 1. The molecule has 0 saturated carbocycles. The summed E-state index contributed by atoms with van der Waals surface area (Å²) in [5.41, 5.74) is 1.40. The van der Waals surface area contributed by atoms with E-state index in [1.807, 2.05) is 13.8 Å². The maximum atomic E-state index is 12.5. The maximum Gasteiger partial charge on any atom is 0.338 e. The molecule has 9 heteroatoms. The molecule has 0 aliphatic carbocycles. The van der Waals surface area contributed by atoms with Gasteiger partial charge in [-0.2, -0.15) is 0 Å². The standard InChI is InChI=1S/C26H21NO8/c1-16-3-7-18(8-4-16)23(28)14-34-25(30)20-11-21(13-22(12-20)27(32)33)26(31)35-15-24(29)19-9-5-17(2)6-10-19/h3-13H,14-15H2,1-2H3. The highest BCUT2D eigenvalue weighted by Crippen LogP contribution is 2.19. The lowest BCUT2D eigenvalue weighted by atomic mass is 10.1. The zero-order chi connectivity index (χ0) is 25.5. The van der Waals surface area contributed by atoms with E-state index < -0.39 is 47.3 Å². The largest absolute Gasteiger partial charge is 0.454 e. The molecule has 3 aromatic rings. The van der Waals surface area contributed by atoms with Gasteiger partial charge in [0.05, 0.1) is 16.1 Å². The van der Waals surface area contributed by atoms with Crippen LogP contribution in [0.2, 0.25) is 0 Å². The number of hydrogen-bond acceptors (Lipinski definition) is 8. The number of nitro benzene ring substituents is 1. The predicted octanol–water partition coefficient (Wildman–Crippen LogP) is 4.29. The van der Waals surface area contributed by atoms with Crippen LogP contribution >= 0.6 is 0 Å². The fraction of sp³-hybridized carbons (Fsp3) is 0.154. The average molecular weight is 475 g/mol. The minimum atomic E-state index is -1.03. The molecule has 3 aromatic carbocycles. The first-order valence-corrected chi connectivity index (χ1v) is 10.5. The van der Waals surface area contributed by atoms with Gasteiger partial charge >= 0.3 is 11.9 Å². The van der Waals surface area contributed by atoms with E-state index >= 15 is 0 Å². The molecule has 9 nitrogen and oxygen atoms in total. The molecule has 0 aromatic heterocycles. The molecule has 0 aliphatic rings. The lowest BCUT2D eigenvalue weighted by molar-refractivity contribution is -0.384. The number of Topliss-reactive ketones (excluding diaryl/α,β-unsaturated/α-hetero) is 2. The number of carbonyl (C=O) groups is 4. The van der Waals surface area contributed by atoms with Crippen molar-refractivity contribution in [2.75, 3.05) is 13.2 Å². The van der Waals surface area contributed by atoms with Crippen molar-refractivity contribution >= 4 is 29.2 Å². The number of non-ortho nitro benzene ring substituents is 1. The zero-order valence-corrected chi connectivity index (χ0v) is 19.0. The Hall–Kier alpha value is -4.66. The molecule has 0 bridgehead atoms. The summed E-state index contributed by atoms with van der Waals surface area (Å²) < 4.78 is 9.98. The third kappa shape index (κ3) is 6.67. The van der Waals surface area contributed by atoms with Crippen molar-refractivity contribution < 1.29 is 33.6 Å². The number of benzene rings is 3. The molecule has 178 valence electrons. The van der Waals surface area contributed by atoms with Crippen LogP contribution in [0.5, 0.6) is 0 Å². The van der Waals surface area contributed by atoms with E-state index in [4.69, 9.17) is 9.47 Å². The van der Waals surface area contributed by atoms with Gasteiger partial charge in [-0.3, -0.25) is 19.7 Å². The molecule has 0 unspecified atom stereocenters. The van der Waals surface area contributed by atoms with Gasteiger partial charge in [-0.25, -0.2) is 9.59 Å². The Balaban J connectivity index is 1.70. The number of rotatable bonds is 9. The topological polar surface area (TPSA) is 130 Å². The fourth-order valence-electron chi connectivity index (χ4n) is 3.03. The Kier molecular flexibility index (Phi) is 7.83. The molecular formula is C26H21NO8. The SMILES string of the molecule is Cc1ccc(C(=O)COC(=O)c2cc(C(=O)OCC(=O)c3ccc(C)cc3)cc([N+](=O)[O-])c2)cc1. The first-order valence-electron chi connectivity index (χ1n) is 10.5. The van der Waals surface area contributed by atoms with Gasteiger partial charge in [0.2, 0.25) is 0 Å². The Bertz CT molecular complexity index is 1200. The Morgan fingerprint density at radius 1 is 0.657 bits per heavy atom. The normalized spacial score (nSPS) is 10.3. The highest BCUT2D eigenvalue weighted by atomic mass is 16.6. The number of hydrogen-bond donors (Lipinski definition) is 0. The van der Waals surface area contributed by atoms with Crippen molar-refractivity contribution in [3.8, 4) is 0 Å². The van der Waals surface area contributed by atoms with Gasteiger partial charge in [0.15, 0.2) is 24.8 Å². The molecule has 0 radical (unpaired) electrons. The summed E-state index contributed by atoms with van der Waals surface area (Å²) >= 11 is 0. The lowest BCUT2D eigenvalue weighted by Crippen LogP contribution is -2.17. The van der Waals surface area contributed by atoms with Gasteiger partial charge in [0, 0.05) is 23.3 Å². The number of aryl methyl sites for hydroxylation is 2. The van der Waals surface area contributed by atoms with Gasteiger partial charge in [-0.05, 0) is 19.9 Å². The third-order valence-corrected chi connectivity index (χ3v) is 5.02. The van der Waals surface area contributed by atoms with Crippen molar-refractivity contribution in [3.63, 3.8) is 0 Å². The Morgan fingerprint density at radius 2 is 1.03 bits per heavy atom. The minimum Gasteiger partial charge on any atom is -0.454 e. The molecule has 0 amide bonds. The van der Waals surface area contributed by atoms with Crippen LogP contribution in [0.1, 0.15) is 52.6 Å². The predicted molar refractivity (Wildman–Crippen MR) is 125 cm³/mol. The fourth-order valence-corrected chi connectivity index (χ4v) is 3.03. The first kappa shape index (κ1) is 25.0. The van der Waals surface area contributed by atoms with Crippen molar-refractivity contribution in [1.29, 1.82) is 0 Å². The minimum absolute atomic E-state index is 0.312. The lowest BCUT2D eigenvalue weighted by Gasteiger charge is -2.08. The summed E-state index contributed by atoms with van der Waals surface area (Å²) in [5, 5.41) is 11.3. The Morgan fingerprint density at radius 3 is 1.37 bits per heavy atom. The summed E-state index contributed by atoms with van der Waals surface area (Å²) in [7, 11) is 0. The number of esters is 2. The monoisotopic (exact) mass is 475 g/mol. The van der Waals surface area contributed by atoms with Crippen molar-refractivity contribution in [1.82, 2.24) is 0 Å². The summed E-state index contributed by atoms with van der Waals surface area (Å²) in [6.45, 7) is 2.54. The highest BCUT2D eigenvalue weighted by molar-refractivity contribution is 6.02. The molecule has 0 atom stereocenters. The van der Waals surface area contributed by atoms with Crippen molar-refractivity contribution in [3.05, 3.63) is 110 Å². The molecule has 35 heavy (non-hydrogen) atoms. The third-order valence-electron chi connectivity index (χ3n) is 5.02. The van der Waals surface area contributed by atoms with E-state index in [0.717, 1.165) is 29.3 Å². The van der Waals surface area contributed by atoms with Crippen LogP contribution in [0.25, 0.3) is 0 Å². The van der Waals surface area contributed by atoms with Crippen LogP contribution in [0.15, 0.2) is 66.7 Å². The van der Waals surface area contributed by atoms with Crippen LogP contribution in [0.4, 0.5) is 5.69 Å². The summed E-state index contributed by atoms with van der Waals surface area (Å²) in [6.07, 6.45) is 0. The van der Waals surface area contributed by atoms with E-state index in [9.17, 15) is 29.3 Å². The van der Waals surface area contributed by atoms with Crippen molar-refractivity contribution in [2.24, 2.45) is 0 Å². The highest BCUT2D eigenvalue weighted by Gasteiger charge is 2.21. The van der Waals surface area contributed by atoms with Gasteiger partial charge in [0.1, 0.15) is 0 Å². The van der Waals surface area contributed by atoms with Gasteiger partial charge < -0.3 is 9.47 Å². The van der Waals surface area contributed by atoms with Gasteiger partial charge in [-0.1, -0.05) is 59.7 Å². The Labute approximate surface area is 200 Å².